The number of hydrogen-bond acceptors (Lipinski definition) is 4. The zero-order valence-corrected chi connectivity index (χ0v) is 7.46. The summed E-state index contributed by atoms with van der Waals surface area (Å²) in [6, 6.07) is 1.24. The number of carbonyl (C=O) groups excluding carboxylic acids is 1. The molecule has 0 radical (unpaired) electrons. The standard InChI is InChI=1S/C7H11N3O3/c1-5-3-6(10-13-5)9-7(11)8-4-12-2/h3H,4H2,1-2H3,(H2,8,9,10,11). The van der Waals surface area contributed by atoms with E-state index in [0.29, 0.717) is 11.6 Å². The lowest BCUT2D eigenvalue weighted by Gasteiger charge is -2.02. The van der Waals surface area contributed by atoms with Gasteiger partial charge in [-0.15, -0.1) is 0 Å². The number of urea groups is 1. The van der Waals surface area contributed by atoms with E-state index in [2.05, 4.69) is 20.5 Å². The maximum absolute atomic E-state index is 11.0. The van der Waals surface area contributed by atoms with Crippen LogP contribution < -0.4 is 10.6 Å². The Morgan fingerprint density at radius 2 is 2.54 bits per heavy atom. The van der Waals surface area contributed by atoms with Crippen molar-refractivity contribution in [2.24, 2.45) is 0 Å². The normalized spacial score (nSPS) is 9.69. The van der Waals surface area contributed by atoms with Gasteiger partial charge in [-0.25, -0.2) is 4.79 Å². The Morgan fingerprint density at radius 3 is 3.08 bits per heavy atom. The molecule has 0 unspecified atom stereocenters. The second kappa shape index (κ2) is 4.46. The van der Waals surface area contributed by atoms with E-state index in [1.54, 1.807) is 13.0 Å². The van der Waals surface area contributed by atoms with E-state index >= 15 is 0 Å². The number of aryl methyl sites for hydroxylation is 1. The number of rotatable bonds is 3. The van der Waals surface area contributed by atoms with Gasteiger partial charge in [0.15, 0.2) is 5.82 Å². The lowest BCUT2D eigenvalue weighted by Crippen LogP contribution is -2.30. The fraction of sp³-hybridized carbons (Fsp3) is 0.429. The van der Waals surface area contributed by atoms with E-state index < -0.39 is 0 Å². The maximum atomic E-state index is 11.0. The van der Waals surface area contributed by atoms with Crippen LogP contribution in [0.4, 0.5) is 10.6 Å². The van der Waals surface area contributed by atoms with E-state index in [1.807, 2.05) is 0 Å². The topological polar surface area (TPSA) is 76.4 Å². The minimum absolute atomic E-state index is 0.155. The van der Waals surface area contributed by atoms with Gasteiger partial charge < -0.3 is 14.6 Å². The summed E-state index contributed by atoms with van der Waals surface area (Å²) in [7, 11) is 1.49. The number of amides is 2. The number of nitrogens with one attached hydrogen (secondary N) is 2. The van der Waals surface area contributed by atoms with Crippen LogP contribution in [0.5, 0.6) is 0 Å². The molecule has 0 atom stereocenters. The van der Waals surface area contributed by atoms with Crippen molar-refractivity contribution in [3.63, 3.8) is 0 Å². The highest BCUT2D eigenvalue weighted by Crippen LogP contribution is 2.05. The Bertz CT molecular complexity index is 284. The monoisotopic (exact) mass is 185 g/mol. The first-order valence-electron chi connectivity index (χ1n) is 3.69. The van der Waals surface area contributed by atoms with Crippen LogP contribution in [0.2, 0.25) is 0 Å². The first-order valence-corrected chi connectivity index (χ1v) is 3.69. The molecule has 0 aliphatic heterocycles. The van der Waals surface area contributed by atoms with Gasteiger partial charge in [-0.05, 0) is 6.92 Å². The molecule has 1 rings (SSSR count). The third kappa shape index (κ3) is 3.12. The Morgan fingerprint density at radius 1 is 1.77 bits per heavy atom. The summed E-state index contributed by atoms with van der Waals surface area (Å²) in [5, 5.41) is 8.47. The molecule has 1 aromatic rings. The van der Waals surface area contributed by atoms with E-state index in [4.69, 9.17) is 4.52 Å². The number of nitrogens with zero attached hydrogens (tertiary/aromatic N) is 1. The highest BCUT2D eigenvalue weighted by Gasteiger charge is 2.03. The predicted molar refractivity (Wildman–Crippen MR) is 45.3 cm³/mol. The van der Waals surface area contributed by atoms with Crippen LogP contribution in [-0.2, 0) is 4.74 Å². The molecule has 1 heterocycles. The molecule has 6 heteroatoms. The van der Waals surface area contributed by atoms with Gasteiger partial charge in [-0.1, -0.05) is 5.16 Å². The van der Waals surface area contributed by atoms with Crippen LogP contribution in [0, 0.1) is 6.92 Å². The molecule has 1 aromatic heterocycles. The minimum atomic E-state index is -0.379. The zero-order valence-electron chi connectivity index (χ0n) is 7.46. The van der Waals surface area contributed by atoms with Gasteiger partial charge in [-0.2, -0.15) is 0 Å². The van der Waals surface area contributed by atoms with E-state index in [9.17, 15) is 4.79 Å². The molecule has 0 aromatic carbocycles. The molecule has 0 saturated carbocycles. The number of aromatic nitrogens is 1. The van der Waals surface area contributed by atoms with Crippen molar-refractivity contribution in [1.29, 1.82) is 0 Å². The zero-order chi connectivity index (χ0) is 9.68. The summed E-state index contributed by atoms with van der Waals surface area (Å²) in [5.74, 6) is 1.02. The van der Waals surface area contributed by atoms with Gasteiger partial charge in [0, 0.05) is 13.2 Å². The van der Waals surface area contributed by atoms with Crippen molar-refractivity contribution < 1.29 is 14.1 Å². The third-order valence-electron chi connectivity index (χ3n) is 1.25. The van der Waals surface area contributed by atoms with Gasteiger partial charge in [0.2, 0.25) is 0 Å². The summed E-state index contributed by atoms with van der Waals surface area (Å²) in [6.45, 7) is 1.90. The Kier molecular flexibility index (Phi) is 3.27. The summed E-state index contributed by atoms with van der Waals surface area (Å²) in [6.07, 6.45) is 0. The van der Waals surface area contributed by atoms with Crippen molar-refractivity contribution in [3.8, 4) is 0 Å². The number of hydrogen-bond donors (Lipinski definition) is 2. The minimum Gasteiger partial charge on any atom is -0.364 e. The summed E-state index contributed by atoms with van der Waals surface area (Å²) >= 11 is 0. The van der Waals surface area contributed by atoms with Gasteiger partial charge in [0.05, 0.1) is 0 Å². The van der Waals surface area contributed by atoms with Crippen LogP contribution in [0.3, 0.4) is 0 Å². The van der Waals surface area contributed by atoms with Crippen LogP contribution in [-0.4, -0.2) is 25.0 Å². The Balaban J connectivity index is 2.36. The molecule has 0 saturated heterocycles. The van der Waals surface area contributed by atoms with E-state index in [0.717, 1.165) is 0 Å². The first kappa shape index (κ1) is 9.53. The van der Waals surface area contributed by atoms with E-state index in [-0.39, 0.29) is 12.8 Å². The van der Waals surface area contributed by atoms with Crippen molar-refractivity contribution in [2.75, 3.05) is 19.2 Å². The maximum Gasteiger partial charge on any atom is 0.322 e. The number of anilines is 1. The molecular formula is C7H11N3O3. The molecule has 0 aliphatic carbocycles. The van der Waals surface area contributed by atoms with Crippen LogP contribution in [0.1, 0.15) is 5.76 Å². The van der Waals surface area contributed by atoms with Gasteiger partial charge in [0.25, 0.3) is 0 Å². The molecule has 2 N–H and O–H groups in total. The number of ether oxygens (including phenoxy) is 1. The van der Waals surface area contributed by atoms with Crippen molar-refractivity contribution in [2.45, 2.75) is 6.92 Å². The molecule has 2 amide bonds. The SMILES string of the molecule is COCNC(=O)Nc1cc(C)on1. The van der Waals surface area contributed by atoms with Crippen molar-refractivity contribution in [3.05, 3.63) is 11.8 Å². The molecular weight excluding hydrogens is 174 g/mol. The average molecular weight is 185 g/mol. The highest BCUT2D eigenvalue weighted by molar-refractivity contribution is 5.87. The lowest BCUT2D eigenvalue weighted by molar-refractivity contribution is 0.176. The summed E-state index contributed by atoms with van der Waals surface area (Å²) in [4.78, 5) is 11.0. The largest absolute Gasteiger partial charge is 0.364 e. The quantitative estimate of drug-likeness (QED) is 0.680. The van der Waals surface area contributed by atoms with Crippen molar-refractivity contribution in [1.82, 2.24) is 10.5 Å². The number of carbonyl (C=O) groups is 1. The highest BCUT2D eigenvalue weighted by atomic mass is 16.5. The molecule has 0 bridgehead atoms. The van der Waals surface area contributed by atoms with Crippen LogP contribution in [0.25, 0.3) is 0 Å². The fourth-order valence-corrected chi connectivity index (χ4v) is 0.724. The van der Waals surface area contributed by atoms with Crippen LogP contribution in [0.15, 0.2) is 10.6 Å². The molecule has 6 nitrogen and oxygen atoms in total. The predicted octanol–water partition coefficient (Wildman–Crippen LogP) is 0.708. The second-order valence-electron chi connectivity index (χ2n) is 2.39. The Hall–Kier alpha value is -1.56. The average Bonchev–Trinajstić information content (AvgIpc) is 2.48. The summed E-state index contributed by atoms with van der Waals surface area (Å²) < 4.78 is 9.39. The lowest BCUT2D eigenvalue weighted by atomic mass is 10.5. The fourth-order valence-electron chi connectivity index (χ4n) is 0.724. The molecule has 0 aliphatic rings. The molecule has 13 heavy (non-hydrogen) atoms. The molecule has 0 fully saturated rings. The molecule has 0 spiro atoms. The second-order valence-corrected chi connectivity index (χ2v) is 2.39. The third-order valence-corrected chi connectivity index (χ3v) is 1.25. The Labute approximate surface area is 75.2 Å². The van der Waals surface area contributed by atoms with Crippen LogP contribution >= 0.6 is 0 Å². The molecule has 72 valence electrons. The van der Waals surface area contributed by atoms with Gasteiger partial charge in [-0.3, -0.25) is 5.32 Å². The van der Waals surface area contributed by atoms with E-state index in [1.165, 1.54) is 7.11 Å². The first-order chi connectivity index (χ1) is 6.22. The van der Waals surface area contributed by atoms with Gasteiger partial charge in [0.1, 0.15) is 12.5 Å². The smallest absolute Gasteiger partial charge is 0.322 e. The summed E-state index contributed by atoms with van der Waals surface area (Å²) in [5.41, 5.74) is 0. The van der Waals surface area contributed by atoms with Crippen molar-refractivity contribution >= 4 is 11.8 Å². The number of methoxy groups -OCH3 is 1. The van der Waals surface area contributed by atoms with Gasteiger partial charge >= 0.3 is 6.03 Å².